The Balaban J connectivity index is 1.92. The number of likely N-dealkylation sites (tertiary alicyclic amines) is 1. The molecule has 0 spiro atoms. The van der Waals surface area contributed by atoms with Gasteiger partial charge in [0.1, 0.15) is 5.76 Å². The van der Waals surface area contributed by atoms with Gasteiger partial charge in [0.15, 0.2) is 0 Å². The Morgan fingerprint density at radius 3 is 2.05 bits per heavy atom. The zero-order chi connectivity index (χ0) is 26.8. The van der Waals surface area contributed by atoms with Gasteiger partial charge in [0, 0.05) is 12.1 Å². The molecule has 0 aliphatic carbocycles. The maximum Gasteiger partial charge on any atom is 0.337 e. The number of esters is 1. The summed E-state index contributed by atoms with van der Waals surface area (Å²) >= 11 is 0. The Morgan fingerprint density at radius 2 is 1.49 bits per heavy atom. The molecule has 7 heteroatoms. The van der Waals surface area contributed by atoms with Gasteiger partial charge in [-0.1, -0.05) is 69.2 Å². The van der Waals surface area contributed by atoms with E-state index in [1.165, 1.54) is 7.11 Å². The first-order chi connectivity index (χ1) is 17.9. The van der Waals surface area contributed by atoms with Crippen molar-refractivity contribution in [2.24, 2.45) is 0 Å². The standard InChI is InChI=1S/C30H38N2O5/c1-4-6-18-31(19-7-5-2)20-11-21-32-26(22-14-16-24(17-15-22)30(36)37-3)25(28(34)29(32)35)27(33)23-12-9-8-10-13-23/h8-10,12-17,26,33H,4-7,11,18-21H2,1-3H3. The summed E-state index contributed by atoms with van der Waals surface area (Å²) in [5.74, 6) is -1.98. The Bertz CT molecular complexity index is 1090. The van der Waals surface area contributed by atoms with Crippen molar-refractivity contribution in [1.29, 1.82) is 0 Å². The van der Waals surface area contributed by atoms with Crippen LogP contribution >= 0.6 is 0 Å². The molecule has 7 nitrogen and oxygen atoms in total. The molecule has 1 saturated heterocycles. The van der Waals surface area contributed by atoms with Crippen LogP contribution < -0.4 is 0 Å². The maximum absolute atomic E-state index is 13.2. The van der Waals surface area contributed by atoms with E-state index in [9.17, 15) is 19.5 Å². The Morgan fingerprint density at radius 1 is 0.892 bits per heavy atom. The van der Waals surface area contributed by atoms with E-state index in [0.717, 1.165) is 45.3 Å². The van der Waals surface area contributed by atoms with Crippen molar-refractivity contribution in [2.75, 3.05) is 33.3 Å². The van der Waals surface area contributed by atoms with E-state index in [0.29, 0.717) is 29.7 Å². The van der Waals surface area contributed by atoms with Gasteiger partial charge in [0.2, 0.25) is 0 Å². The van der Waals surface area contributed by atoms with E-state index in [2.05, 4.69) is 18.7 Å². The van der Waals surface area contributed by atoms with E-state index in [4.69, 9.17) is 4.74 Å². The number of aliphatic hydroxyl groups excluding tert-OH is 1. The summed E-state index contributed by atoms with van der Waals surface area (Å²) < 4.78 is 4.79. The molecule has 1 fully saturated rings. The van der Waals surface area contributed by atoms with Crippen LogP contribution in [-0.2, 0) is 14.3 Å². The van der Waals surface area contributed by atoms with Gasteiger partial charge in [0.05, 0.1) is 24.3 Å². The van der Waals surface area contributed by atoms with Crippen molar-refractivity contribution >= 4 is 23.4 Å². The summed E-state index contributed by atoms with van der Waals surface area (Å²) in [7, 11) is 1.31. The minimum atomic E-state index is -0.744. The van der Waals surface area contributed by atoms with Crippen molar-refractivity contribution in [3.8, 4) is 0 Å². The van der Waals surface area contributed by atoms with E-state index in [1.807, 2.05) is 6.07 Å². The maximum atomic E-state index is 13.2. The SMILES string of the molecule is CCCCN(CCCC)CCCN1C(=O)C(=O)C(=C(O)c2ccccc2)C1c1ccc(C(=O)OC)cc1. The summed E-state index contributed by atoms with van der Waals surface area (Å²) in [5, 5.41) is 11.1. The van der Waals surface area contributed by atoms with Crippen LogP contribution in [0.5, 0.6) is 0 Å². The molecular weight excluding hydrogens is 468 g/mol. The molecule has 1 amide bonds. The first-order valence-corrected chi connectivity index (χ1v) is 13.2. The highest BCUT2D eigenvalue weighted by molar-refractivity contribution is 6.46. The zero-order valence-corrected chi connectivity index (χ0v) is 22.1. The van der Waals surface area contributed by atoms with E-state index >= 15 is 0 Å². The van der Waals surface area contributed by atoms with Crippen LogP contribution in [-0.4, -0.2) is 65.9 Å². The van der Waals surface area contributed by atoms with E-state index < -0.39 is 23.7 Å². The van der Waals surface area contributed by atoms with Crippen LogP contribution in [0.15, 0.2) is 60.2 Å². The number of hydrogen-bond acceptors (Lipinski definition) is 6. The molecule has 1 aliphatic rings. The molecule has 2 aromatic carbocycles. The number of benzene rings is 2. The number of methoxy groups -OCH3 is 1. The number of ether oxygens (including phenoxy) is 1. The largest absolute Gasteiger partial charge is 0.507 e. The lowest BCUT2D eigenvalue weighted by molar-refractivity contribution is -0.140. The minimum absolute atomic E-state index is 0.0656. The van der Waals surface area contributed by atoms with Crippen molar-refractivity contribution in [1.82, 2.24) is 9.80 Å². The Kier molecular flexibility index (Phi) is 10.4. The first-order valence-electron chi connectivity index (χ1n) is 13.2. The monoisotopic (exact) mass is 506 g/mol. The molecule has 1 aliphatic heterocycles. The fraction of sp³-hybridized carbons (Fsp3) is 0.433. The molecule has 1 N–H and O–H groups in total. The number of carbonyl (C=O) groups excluding carboxylic acids is 3. The van der Waals surface area contributed by atoms with Gasteiger partial charge in [-0.3, -0.25) is 9.59 Å². The predicted octanol–water partition coefficient (Wildman–Crippen LogP) is 5.19. The third-order valence-electron chi connectivity index (χ3n) is 6.76. The fourth-order valence-corrected chi connectivity index (χ4v) is 4.69. The molecule has 198 valence electrons. The predicted molar refractivity (Wildman–Crippen MR) is 144 cm³/mol. The molecule has 0 bridgehead atoms. The topological polar surface area (TPSA) is 87.2 Å². The number of aliphatic hydroxyl groups is 1. The second-order valence-corrected chi connectivity index (χ2v) is 9.37. The first kappa shape index (κ1) is 28.1. The van der Waals surface area contributed by atoms with Crippen molar-refractivity contribution in [2.45, 2.75) is 52.0 Å². The number of unbranched alkanes of at least 4 members (excludes halogenated alkanes) is 2. The lowest BCUT2D eigenvalue weighted by Crippen LogP contribution is -2.34. The number of hydrogen-bond donors (Lipinski definition) is 1. The van der Waals surface area contributed by atoms with Gasteiger partial charge in [-0.25, -0.2) is 4.79 Å². The fourth-order valence-electron chi connectivity index (χ4n) is 4.69. The Hall–Kier alpha value is -3.45. The molecule has 1 atom stereocenters. The van der Waals surface area contributed by atoms with Crippen LogP contribution in [0.4, 0.5) is 0 Å². The molecule has 2 aromatic rings. The van der Waals surface area contributed by atoms with Gasteiger partial charge >= 0.3 is 5.97 Å². The highest BCUT2D eigenvalue weighted by atomic mass is 16.5. The van der Waals surface area contributed by atoms with E-state index in [1.54, 1.807) is 53.4 Å². The van der Waals surface area contributed by atoms with Crippen LogP contribution in [0.3, 0.4) is 0 Å². The number of ketones is 1. The second-order valence-electron chi connectivity index (χ2n) is 9.37. The van der Waals surface area contributed by atoms with Crippen LogP contribution in [0.2, 0.25) is 0 Å². The summed E-state index contributed by atoms with van der Waals surface area (Å²) in [5.41, 5.74) is 1.56. The van der Waals surface area contributed by atoms with Gasteiger partial charge in [-0.05, 0) is 56.6 Å². The van der Waals surface area contributed by atoms with Crippen molar-refractivity contribution in [3.05, 3.63) is 76.9 Å². The quantitative estimate of drug-likeness (QED) is 0.174. The van der Waals surface area contributed by atoms with Gasteiger partial charge in [-0.2, -0.15) is 0 Å². The van der Waals surface area contributed by atoms with Crippen molar-refractivity contribution in [3.63, 3.8) is 0 Å². The van der Waals surface area contributed by atoms with Gasteiger partial charge in [-0.15, -0.1) is 0 Å². The molecule has 0 saturated carbocycles. The van der Waals surface area contributed by atoms with Gasteiger partial charge in [0.25, 0.3) is 11.7 Å². The zero-order valence-electron chi connectivity index (χ0n) is 22.1. The number of amides is 1. The normalized spacial score (nSPS) is 17.0. The van der Waals surface area contributed by atoms with Crippen LogP contribution in [0.25, 0.3) is 5.76 Å². The summed E-state index contributed by atoms with van der Waals surface area (Å²) in [4.78, 5) is 42.4. The number of Topliss-reactive ketones (excluding diaryl/α,β-unsaturated/α-hetero) is 1. The molecule has 0 radical (unpaired) electrons. The average molecular weight is 507 g/mol. The second kappa shape index (κ2) is 13.7. The van der Waals surface area contributed by atoms with Crippen LogP contribution in [0.1, 0.15) is 73.5 Å². The molecule has 0 aromatic heterocycles. The summed E-state index contributed by atoms with van der Waals surface area (Å²) in [6.07, 6.45) is 5.20. The molecule has 3 rings (SSSR count). The molecule has 1 heterocycles. The third kappa shape index (κ3) is 6.86. The summed E-state index contributed by atoms with van der Waals surface area (Å²) in [6.45, 7) is 7.60. The number of rotatable bonds is 13. The van der Waals surface area contributed by atoms with Gasteiger partial charge < -0.3 is 19.6 Å². The van der Waals surface area contributed by atoms with Crippen LogP contribution in [0, 0.1) is 0 Å². The molecule has 37 heavy (non-hydrogen) atoms. The molecular formula is C30H38N2O5. The van der Waals surface area contributed by atoms with E-state index in [-0.39, 0.29) is 11.3 Å². The highest BCUT2D eigenvalue weighted by Gasteiger charge is 2.45. The average Bonchev–Trinajstić information content (AvgIpc) is 3.18. The third-order valence-corrected chi connectivity index (χ3v) is 6.76. The highest BCUT2D eigenvalue weighted by Crippen LogP contribution is 2.39. The number of nitrogens with zero attached hydrogens (tertiary/aromatic N) is 2. The smallest absolute Gasteiger partial charge is 0.337 e. The minimum Gasteiger partial charge on any atom is -0.507 e. The lowest BCUT2D eigenvalue weighted by atomic mass is 9.94. The Labute approximate surface area is 219 Å². The molecule has 1 unspecified atom stereocenters. The number of carbonyl (C=O) groups is 3. The summed E-state index contributed by atoms with van der Waals surface area (Å²) in [6, 6.07) is 14.7. The van der Waals surface area contributed by atoms with Crippen molar-refractivity contribution < 1.29 is 24.2 Å². The lowest BCUT2D eigenvalue weighted by Gasteiger charge is -2.27.